The van der Waals surface area contributed by atoms with Crippen LogP contribution in [0.1, 0.15) is 34.6 Å². The molecule has 0 aliphatic heterocycles. The lowest BCUT2D eigenvalue weighted by Gasteiger charge is -2.12. The Hall–Kier alpha value is -1.95. The van der Waals surface area contributed by atoms with Crippen LogP contribution in [0.3, 0.4) is 0 Å². The first-order valence-electron chi connectivity index (χ1n) is 6.83. The number of hydrogen-bond acceptors (Lipinski definition) is 5. The van der Waals surface area contributed by atoms with Crippen LogP contribution in [0.5, 0.6) is 0 Å². The fraction of sp³-hybridized carbons (Fsp3) is 0.500. The largest absolute Gasteiger partial charge is 0.350 e. The van der Waals surface area contributed by atoms with Gasteiger partial charge in [0.25, 0.3) is 11.6 Å². The number of hydrogen-bond donors (Lipinski definition) is 2. The van der Waals surface area contributed by atoms with Gasteiger partial charge in [-0.05, 0) is 38.7 Å². The SMILES string of the molecule is Cc1cc(C(=O)NCC(N)C2CC2)c2c(C)noc2n1. The van der Waals surface area contributed by atoms with E-state index in [0.29, 0.717) is 34.8 Å². The summed E-state index contributed by atoms with van der Waals surface area (Å²) < 4.78 is 5.13. The number of amides is 1. The van der Waals surface area contributed by atoms with Crippen molar-refractivity contribution in [3.63, 3.8) is 0 Å². The van der Waals surface area contributed by atoms with E-state index >= 15 is 0 Å². The van der Waals surface area contributed by atoms with Crippen LogP contribution in [-0.4, -0.2) is 28.6 Å². The molecule has 0 bridgehead atoms. The van der Waals surface area contributed by atoms with Gasteiger partial charge in [-0.1, -0.05) is 5.16 Å². The van der Waals surface area contributed by atoms with E-state index in [2.05, 4.69) is 15.5 Å². The van der Waals surface area contributed by atoms with Crippen molar-refractivity contribution in [1.82, 2.24) is 15.5 Å². The molecule has 0 spiro atoms. The predicted octanol–water partition coefficient (Wildman–Crippen LogP) is 1.31. The van der Waals surface area contributed by atoms with Crippen molar-refractivity contribution in [3.05, 3.63) is 23.0 Å². The normalized spacial score (nSPS) is 16.4. The Bertz CT molecular complexity index is 660. The zero-order valence-electron chi connectivity index (χ0n) is 11.6. The van der Waals surface area contributed by atoms with E-state index in [0.717, 1.165) is 5.69 Å². The van der Waals surface area contributed by atoms with Gasteiger partial charge in [-0.15, -0.1) is 0 Å². The smallest absolute Gasteiger partial charge is 0.258 e. The Kier molecular flexibility index (Phi) is 3.17. The standard InChI is InChI=1S/C14H18N4O2/c1-7-5-10(12-8(2)18-20-14(12)17-7)13(19)16-6-11(15)9-3-4-9/h5,9,11H,3-4,6,15H2,1-2H3,(H,16,19). The van der Waals surface area contributed by atoms with Crippen LogP contribution in [-0.2, 0) is 0 Å². The highest BCUT2D eigenvalue weighted by atomic mass is 16.5. The summed E-state index contributed by atoms with van der Waals surface area (Å²) in [4.78, 5) is 16.6. The maximum absolute atomic E-state index is 12.3. The minimum absolute atomic E-state index is 0.0425. The molecule has 0 aromatic carbocycles. The van der Waals surface area contributed by atoms with E-state index in [1.165, 1.54) is 12.8 Å². The molecule has 20 heavy (non-hydrogen) atoms. The van der Waals surface area contributed by atoms with Crippen molar-refractivity contribution in [2.75, 3.05) is 6.54 Å². The first-order chi connectivity index (χ1) is 9.56. The summed E-state index contributed by atoms with van der Waals surface area (Å²) in [7, 11) is 0. The van der Waals surface area contributed by atoms with Gasteiger partial charge in [0.05, 0.1) is 16.6 Å². The van der Waals surface area contributed by atoms with Crippen molar-refractivity contribution in [2.24, 2.45) is 11.7 Å². The first-order valence-corrected chi connectivity index (χ1v) is 6.83. The highest BCUT2D eigenvalue weighted by Crippen LogP contribution is 2.31. The van der Waals surface area contributed by atoms with E-state index in [9.17, 15) is 4.79 Å². The number of nitrogens with two attached hydrogens (primary N) is 1. The Labute approximate surface area is 116 Å². The molecular formula is C14H18N4O2. The van der Waals surface area contributed by atoms with Gasteiger partial charge in [-0.25, -0.2) is 4.98 Å². The Morgan fingerprint density at radius 1 is 1.55 bits per heavy atom. The molecule has 2 heterocycles. The van der Waals surface area contributed by atoms with Gasteiger partial charge in [0, 0.05) is 18.3 Å². The van der Waals surface area contributed by atoms with Crippen molar-refractivity contribution in [2.45, 2.75) is 32.7 Å². The van der Waals surface area contributed by atoms with Gasteiger partial charge in [-0.3, -0.25) is 4.79 Å². The summed E-state index contributed by atoms with van der Waals surface area (Å²) in [6, 6.07) is 1.80. The number of carbonyl (C=O) groups is 1. The van der Waals surface area contributed by atoms with Gasteiger partial charge in [0.15, 0.2) is 0 Å². The second-order valence-electron chi connectivity index (χ2n) is 5.47. The molecule has 3 N–H and O–H groups in total. The molecule has 0 saturated heterocycles. The Morgan fingerprint density at radius 2 is 2.30 bits per heavy atom. The van der Waals surface area contributed by atoms with Crippen molar-refractivity contribution in [1.29, 1.82) is 0 Å². The van der Waals surface area contributed by atoms with Crippen molar-refractivity contribution in [3.8, 4) is 0 Å². The average Bonchev–Trinajstić information content (AvgIpc) is 3.20. The lowest BCUT2D eigenvalue weighted by Crippen LogP contribution is -2.38. The lowest BCUT2D eigenvalue weighted by atomic mass is 10.1. The summed E-state index contributed by atoms with van der Waals surface area (Å²) in [6.07, 6.45) is 2.33. The molecule has 1 atom stereocenters. The van der Waals surface area contributed by atoms with E-state index in [1.807, 2.05) is 6.92 Å². The molecule has 1 amide bonds. The number of rotatable bonds is 4. The van der Waals surface area contributed by atoms with E-state index < -0.39 is 0 Å². The second-order valence-corrected chi connectivity index (χ2v) is 5.47. The first kappa shape index (κ1) is 13.1. The quantitative estimate of drug-likeness (QED) is 0.876. The maximum atomic E-state index is 12.3. The molecule has 1 aliphatic rings. The summed E-state index contributed by atoms with van der Waals surface area (Å²) in [5.41, 5.74) is 8.35. The number of pyridine rings is 1. The van der Waals surface area contributed by atoms with Crippen LogP contribution in [0.15, 0.2) is 10.6 Å². The molecule has 3 rings (SSSR count). The summed E-state index contributed by atoms with van der Waals surface area (Å²) in [6.45, 7) is 4.12. The van der Waals surface area contributed by atoms with Gasteiger partial charge in [-0.2, -0.15) is 0 Å². The molecule has 0 radical (unpaired) electrons. The number of carbonyl (C=O) groups excluding carboxylic acids is 1. The van der Waals surface area contributed by atoms with Crippen LogP contribution < -0.4 is 11.1 Å². The fourth-order valence-electron chi connectivity index (χ4n) is 2.39. The molecule has 1 aliphatic carbocycles. The summed E-state index contributed by atoms with van der Waals surface area (Å²) in [5.74, 6) is 0.412. The van der Waals surface area contributed by atoms with Crippen LogP contribution >= 0.6 is 0 Å². The maximum Gasteiger partial charge on any atom is 0.258 e. The molecule has 2 aromatic heterocycles. The summed E-state index contributed by atoms with van der Waals surface area (Å²) in [5, 5.41) is 7.44. The van der Waals surface area contributed by atoms with E-state index in [-0.39, 0.29) is 11.9 Å². The van der Waals surface area contributed by atoms with E-state index in [1.54, 1.807) is 13.0 Å². The van der Waals surface area contributed by atoms with Gasteiger partial charge >= 0.3 is 0 Å². The summed E-state index contributed by atoms with van der Waals surface area (Å²) >= 11 is 0. The fourth-order valence-corrected chi connectivity index (χ4v) is 2.39. The van der Waals surface area contributed by atoms with Gasteiger partial charge in [0.1, 0.15) is 0 Å². The minimum atomic E-state index is -0.150. The average molecular weight is 274 g/mol. The van der Waals surface area contributed by atoms with Crippen LogP contribution in [0, 0.1) is 19.8 Å². The van der Waals surface area contributed by atoms with Gasteiger partial charge in [0.2, 0.25) is 0 Å². The molecule has 2 aromatic rings. The Morgan fingerprint density at radius 3 is 3.00 bits per heavy atom. The third-order valence-corrected chi connectivity index (χ3v) is 3.72. The molecule has 6 nitrogen and oxygen atoms in total. The van der Waals surface area contributed by atoms with Crippen molar-refractivity contribution < 1.29 is 9.32 Å². The second kappa shape index (κ2) is 4.86. The van der Waals surface area contributed by atoms with Crippen molar-refractivity contribution >= 4 is 17.0 Å². The lowest BCUT2D eigenvalue weighted by molar-refractivity contribution is 0.0951. The molecule has 106 valence electrons. The highest BCUT2D eigenvalue weighted by molar-refractivity contribution is 6.06. The zero-order chi connectivity index (χ0) is 14.3. The monoisotopic (exact) mass is 274 g/mol. The molecule has 1 fully saturated rings. The number of aryl methyl sites for hydroxylation is 2. The van der Waals surface area contributed by atoms with Crippen LogP contribution in [0.4, 0.5) is 0 Å². The third-order valence-electron chi connectivity index (χ3n) is 3.72. The zero-order valence-corrected chi connectivity index (χ0v) is 11.6. The number of aromatic nitrogens is 2. The van der Waals surface area contributed by atoms with Crippen LogP contribution in [0.2, 0.25) is 0 Å². The Balaban J connectivity index is 1.84. The third kappa shape index (κ3) is 2.38. The molecule has 1 unspecified atom stereocenters. The number of fused-ring (bicyclic) bond motifs is 1. The predicted molar refractivity (Wildman–Crippen MR) is 74.3 cm³/mol. The van der Waals surface area contributed by atoms with E-state index in [4.69, 9.17) is 10.3 Å². The number of nitrogens with one attached hydrogen (secondary N) is 1. The van der Waals surface area contributed by atoms with Crippen LogP contribution in [0.25, 0.3) is 11.1 Å². The molecular weight excluding hydrogens is 256 g/mol. The highest BCUT2D eigenvalue weighted by Gasteiger charge is 2.28. The topological polar surface area (TPSA) is 94.0 Å². The van der Waals surface area contributed by atoms with Gasteiger partial charge < -0.3 is 15.6 Å². The minimum Gasteiger partial charge on any atom is -0.350 e. The number of nitrogens with zero attached hydrogens (tertiary/aromatic N) is 2. The molecule has 6 heteroatoms. The molecule has 1 saturated carbocycles.